The second-order valence-corrected chi connectivity index (χ2v) is 12.4. The van der Waals surface area contributed by atoms with Crippen molar-refractivity contribution in [1.29, 1.82) is 0 Å². The topological polar surface area (TPSA) is 35.5 Å². The fourth-order valence-corrected chi connectivity index (χ4v) is 4.43. The van der Waals surface area contributed by atoms with Crippen molar-refractivity contribution in [2.75, 3.05) is 0 Å². The van der Waals surface area contributed by atoms with Gasteiger partial charge < -0.3 is 9.16 Å². The predicted octanol–water partition coefficient (Wildman–Crippen LogP) is 5.39. The molecule has 2 aromatic carbocycles. The Labute approximate surface area is 152 Å². The zero-order chi connectivity index (χ0) is 18.7. The van der Waals surface area contributed by atoms with E-state index in [0.717, 1.165) is 5.56 Å². The summed E-state index contributed by atoms with van der Waals surface area (Å²) in [5.41, 5.74) is -0.679. The van der Waals surface area contributed by atoms with Crippen LogP contribution in [0.2, 0.25) is 19.6 Å². The smallest absolute Gasteiger partial charge is 0.320 e. The molecule has 0 N–H and O–H groups in total. The summed E-state index contributed by atoms with van der Waals surface area (Å²) in [5.74, 6) is 0.243. The molecule has 0 bridgehead atoms. The van der Waals surface area contributed by atoms with E-state index in [1.165, 1.54) is 0 Å². The number of carbonyl (C=O) groups excluding carboxylic acids is 1. The summed E-state index contributed by atoms with van der Waals surface area (Å²) in [5, 5.41) is 0. The summed E-state index contributed by atoms with van der Waals surface area (Å²) < 4.78 is 12.2. The molecule has 1 atom stereocenters. The zero-order valence-corrected chi connectivity index (χ0v) is 17.0. The number of para-hydroxylation sites is 1. The number of rotatable bonds is 6. The molecule has 3 nitrogen and oxygen atoms in total. The van der Waals surface area contributed by atoms with Crippen LogP contribution in [-0.2, 0) is 14.8 Å². The van der Waals surface area contributed by atoms with E-state index < -0.39 is 19.3 Å². The van der Waals surface area contributed by atoms with Crippen LogP contribution in [0.3, 0.4) is 0 Å². The SMILES string of the molecule is CC(C)(C(=O)Oc1ccccc1)C(C)(O[Si](C)(C)C)c1ccccc1. The number of hydrogen-bond acceptors (Lipinski definition) is 3. The first-order chi connectivity index (χ1) is 11.6. The van der Waals surface area contributed by atoms with Crippen molar-refractivity contribution in [3.8, 4) is 5.75 Å². The lowest BCUT2D eigenvalue weighted by molar-refractivity contribution is -0.158. The molecule has 4 heteroatoms. The highest BCUT2D eigenvalue weighted by atomic mass is 28.4. The van der Waals surface area contributed by atoms with Gasteiger partial charge in [0.05, 0.1) is 11.0 Å². The molecule has 0 aliphatic carbocycles. The second-order valence-electron chi connectivity index (χ2n) is 7.94. The molecule has 0 aromatic heterocycles. The maximum atomic E-state index is 13.1. The summed E-state index contributed by atoms with van der Waals surface area (Å²) >= 11 is 0. The Morgan fingerprint density at radius 3 is 1.80 bits per heavy atom. The van der Waals surface area contributed by atoms with Crippen molar-refractivity contribution in [1.82, 2.24) is 0 Å². The van der Waals surface area contributed by atoms with E-state index in [1.807, 2.05) is 69.3 Å². The summed E-state index contributed by atoms with van der Waals surface area (Å²) in [6.45, 7) is 12.2. The lowest BCUT2D eigenvalue weighted by Gasteiger charge is -2.46. The van der Waals surface area contributed by atoms with Crippen molar-refractivity contribution < 1.29 is 14.0 Å². The van der Waals surface area contributed by atoms with Gasteiger partial charge in [0.1, 0.15) is 5.75 Å². The van der Waals surface area contributed by atoms with E-state index in [4.69, 9.17) is 9.16 Å². The summed E-state index contributed by atoms with van der Waals surface area (Å²) in [7, 11) is -1.93. The number of hydrogen-bond donors (Lipinski definition) is 0. The molecule has 0 saturated carbocycles. The first kappa shape index (κ1) is 19.4. The molecule has 1 unspecified atom stereocenters. The molecule has 2 rings (SSSR count). The quantitative estimate of drug-likeness (QED) is 0.396. The van der Waals surface area contributed by atoms with Crippen molar-refractivity contribution in [2.24, 2.45) is 5.41 Å². The minimum absolute atomic E-state index is 0.302. The van der Waals surface area contributed by atoms with Crippen LogP contribution < -0.4 is 4.74 Å². The largest absolute Gasteiger partial charge is 0.426 e. The van der Waals surface area contributed by atoms with Crippen LogP contribution in [0, 0.1) is 5.41 Å². The Kier molecular flexibility index (Phi) is 5.54. The molecule has 0 aliphatic heterocycles. The molecule has 0 spiro atoms. The van der Waals surface area contributed by atoms with Gasteiger partial charge in [-0.3, -0.25) is 4.79 Å². The Hall–Kier alpha value is -1.91. The normalized spacial score (nSPS) is 14.6. The Bertz CT molecular complexity index is 705. The molecule has 0 heterocycles. The molecular weight excluding hydrogens is 328 g/mol. The average molecular weight is 357 g/mol. The molecule has 25 heavy (non-hydrogen) atoms. The van der Waals surface area contributed by atoms with Gasteiger partial charge in [0.2, 0.25) is 0 Å². The fraction of sp³-hybridized carbons (Fsp3) is 0.381. The number of ether oxygens (including phenoxy) is 1. The lowest BCUT2D eigenvalue weighted by atomic mass is 9.72. The van der Waals surface area contributed by atoms with Gasteiger partial charge in [-0.25, -0.2) is 0 Å². The third-order valence-electron chi connectivity index (χ3n) is 4.49. The molecule has 0 radical (unpaired) electrons. The third-order valence-corrected chi connectivity index (χ3v) is 5.51. The highest BCUT2D eigenvalue weighted by molar-refractivity contribution is 6.69. The minimum atomic E-state index is -1.93. The van der Waals surface area contributed by atoms with Crippen LogP contribution in [0.15, 0.2) is 60.7 Å². The molecule has 0 aliphatic rings. The monoisotopic (exact) mass is 356 g/mol. The van der Waals surface area contributed by atoms with Crippen LogP contribution in [0.25, 0.3) is 0 Å². The van der Waals surface area contributed by atoms with E-state index in [0.29, 0.717) is 5.75 Å². The van der Waals surface area contributed by atoms with E-state index in [9.17, 15) is 4.79 Å². The van der Waals surface area contributed by atoms with Gasteiger partial charge in [0.25, 0.3) is 0 Å². The molecular formula is C21H28O3Si. The maximum Gasteiger partial charge on any atom is 0.320 e. The lowest BCUT2D eigenvalue weighted by Crippen LogP contribution is -2.53. The third kappa shape index (κ3) is 4.38. The standard InChI is InChI=1S/C21H28O3Si/c1-20(2,19(22)23-18-15-11-8-12-16-18)21(3,24-25(4,5)6)17-13-9-7-10-14-17/h7-16H,1-6H3. The molecule has 134 valence electrons. The fourth-order valence-electron chi connectivity index (χ4n) is 2.83. The first-order valence-corrected chi connectivity index (χ1v) is 12.0. The summed E-state index contributed by atoms with van der Waals surface area (Å²) in [4.78, 5) is 13.1. The average Bonchev–Trinajstić information content (AvgIpc) is 2.54. The first-order valence-electron chi connectivity index (χ1n) is 8.59. The molecule has 0 fully saturated rings. The molecule has 0 amide bonds. The van der Waals surface area contributed by atoms with Crippen molar-refractivity contribution in [3.63, 3.8) is 0 Å². The van der Waals surface area contributed by atoms with E-state index >= 15 is 0 Å². The van der Waals surface area contributed by atoms with Gasteiger partial charge >= 0.3 is 5.97 Å². The number of benzene rings is 2. The van der Waals surface area contributed by atoms with Crippen LogP contribution in [0.5, 0.6) is 5.75 Å². The van der Waals surface area contributed by atoms with E-state index in [-0.39, 0.29) is 5.97 Å². The van der Waals surface area contributed by atoms with Crippen LogP contribution in [-0.4, -0.2) is 14.3 Å². The van der Waals surface area contributed by atoms with Gasteiger partial charge in [0, 0.05) is 0 Å². The Morgan fingerprint density at radius 2 is 1.32 bits per heavy atom. The van der Waals surface area contributed by atoms with Crippen LogP contribution in [0.1, 0.15) is 26.3 Å². The zero-order valence-electron chi connectivity index (χ0n) is 16.0. The van der Waals surface area contributed by atoms with Gasteiger partial charge in [0.15, 0.2) is 8.32 Å². The van der Waals surface area contributed by atoms with Crippen molar-refractivity contribution >= 4 is 14.3 Å². The van der Waals surface area contributed by atoms with E-state index in [2.05, 4.69) is 19.6 Å². The van der Waals surface area contributed by atoms with Crippen molar-refractivity contribution in [3.05, 3.63) is 66.2 Å². The van der Waals surface area contributed by atoms with E-state index in [1.54, 1.807) is 12.1 Å². The van der Waals surface area contributed by atoms with Gasteiger partial charge in [-0.2, -0.15) is 0 Å². The highest BCUT2D eigenvalue weighted by Crippen LogP contribution is 2.45. The maximum absolute atomic E-state index is 13.1. The molecule has 0 saturated heterocycles. The minimum Gasteiger partial charge on any atom is -0.426 e. The summed E-state index contributed by atoms with van der Waals surface area (Å²) in [6.07, 6.45) is 0. The van der Waals surface area contributed by atoms with Crippen LogP contribution in [0.4, 0.5) is 0 Å². The van der Waals surface area contributed by atoms with Crippen molar-refractivity contribution in [2.45, 2.75) is 46.0 Å². The predicted molar refractivity (Wildman–Crippen MR) is 104 cm³/mol. The van der Waals surface area contributed by atoms with Crippen LogP contribution >= 0.6 is 0 Å². The number of esters is 1. The Balaban J connectivity index is 2.42. The number of carbonyl (C=O) groups is 1. The molecule has 2 aromatic rings. The highest BCUT2D eigenvalue weighted by Gasteiger charge is 2.51. The second kappa shape index (κ2) is 7.14. The van der Waals surface area contributed by atoms with Gasteiger partial charge in [-0.15, -0.1) is 0 Å². The summed E-state index contributed by atoms with van der Waals surface area (Å²) in [6, 6.07) is 19.1. The van der Waals surface area contributed by atoms with Gasteiger partial charge in [-0.1, -0.05) is 48.5 Å². The van der Waals surface area contributed by atoms with Gasteiger partial charge in [-0.05, 0) is 58.1 Å². The Morgan fingerprint density at radius 1 is 0.840 bits per heavy atom.